The highest BCUT2D eigenvalue weighted by Gasteiger charge is 2.26. The molecule has 1 fully saturated rings. The number of amides is 1. The first-order valence-corrected chi connectivity index (χ1v) is 6.89. The molecule has 1 aliphatic heterocycles. The van der Waals surface area contributed by atoms with Crippen LogP contribution in [0.3, 0.4) is 0 Å². The van der Waals surface area contributed by atoms with Gasteiger partial charge in [0, 0.05) is 25.7 Å². The van der Waals surface area contributed by atoms with Gasteiger partial charge in [-0.15, -0.1) is 0 Å². The van der Waals surface area contributed by atoms with Crippen LogP contribution < -0.4 is 10.1 Å². The predicted octanol–water partition coefficient (Wildman–Crippen LogP) is 1.93. The Morgan fingerprint density at radius 1 is 1.53 bits per heavy atom. The summed E-state index contributed by atoms with van der Waals surface area (Å²) in [4.78, 5) is 14.1. The number of carbonyl (C=O) groups excluding carboxylic acids is 1. The number of carbonyl (C=O) groups is 1. The second-order valence-corrected chi connectivity index (χ2v) is 5.24. The van der Waals surface area contributed by atoms with E-state index in [9.17, 15) is 4.79 Å². The molecule has 1 aromatic rings. The summed E-state index contributed by atoms with van der Waals surface area (Å²) in [5.41, 5.74) is 0. The fourth-order valence-corrected chi connectivity index (χ4v) is 2.35. The lowest BCUT2D eigenvalue weighted by molar-refractivity contribution is -0.139. The first-order valence-electron chi connectivity index (χ1n) is 6.51. The standard InChI is InChI=1S/C14H19ClN2O2/c1-10-9-17(8-7-16-10)14(18)11(2)19-13-6-4-3-5-12(13)15/h3-6,10-11,16H,7-9H2,1-2H3/t10-,11-/m0/s1. The van der Waals surface area contributed by atoms with E-state index in [-0.39, 0.29) is 5.91 Å². The Bertz CT molecular complexity index is 453. The highest BCUT2D eigenvalue weighted by atomic mass is 35.5. The zero-order valence-electron chi connectivity index (χ0n) is 11.2. The van der Waals surface area contributed by atoms with Crippen LogP contribution in [0.2, 0.25) is 5.02 Å². The van der Waals surface area contributed by atoms with E-state index in [0.29, 0.717) is 16.8 Å². The summed E-state index contributed by atoms with van der Waals surface area (Å²) in [5, 5.41) is 3.83. The molecule has 0 aromatic heterocycles. The lowest BCUT2D eigenvalue weighted by atomic mass is 10.2. The monoisotopic (exact) mass is 282 g/mol. The van der Waals surface area contributed by atoms with Crippen LogP contribution in [0, 0.1) is 0 Å². The molecule has 1 aromatic carbocycles. The lowest BCUT2D eigenvalue weighted by Crippen LogP contribution is -2.54. The Kier molecular flexibility index (Phi) is 4.66. The number of rotatable bonds is 3. The van der Waals surface area contributed by atoms with Gasteiger partial charge in [0.15, 0.2) is 6.10 Å². The molecule has 1 amide bonds. The van der Waals surface area contributed by atoms with Crippen LogP contribution in [-0.4, -0.2) is 42.6 Å². The molecule has 0 unspecified atom stereocenters. The van der Waals surface area contributed by atoms with E-state index in [2.05, 4.69) is 12.2 Å². The van der Waals surface area contributed by atoms with Crippen molar-refractivity contribution in [1.29, 1.82) is 0 Å². The Balaban J connectivity index is 1.97. The molecule has 104 valence electrons. The van der Waals surface area contributed by atoms with Crippen LogP contribution in [0.5, 0.6) is 5.75 Å². The van der Waals surface area contributed by atoms with Crippen LogP contribution in [0.4, 0.5) is 0 Å². The third-order valence-electron chi connectivity index (χ3n) is 3.17. The number of piperazine rings is 1. The first-order chi connectivity index (χ1) is 9.08. The summed E-state index contributed by atoms with van der Waals surface area (Å²) in [5.74, 6) is 0.557. The highest BCUT2D eigenvalue weighted by Crippen LogP contribution is 2.24. The van der Waals surface area contributed by atoms with Gasteiger partial charge in [-0.2, -0.15) is 0 Å². The second kappa shape index (κ2) is 6.26. The number of hydrogen-bond donors (Lipinski definition) is 1. The van der Waals surface area contributed by atoms with E-state index < -0.39 is 6.10 Å². The van der Waals surface area contributed by atoms with Gasteiger partial charge in [0.05, 0.1) is 5.02 Å². The van der Waals surface area contributed by atoms with Gasteiger partial charge in [-0.3, -0.25) is 4.79 Å². The average Bonchev–Trinajstić information content (AvgIpc) is 2.40. The molecule has 2 atom stereocenters. The maximum absolute atomic E-state index is 12.3. The summed E-state index contributed by atoms with van der Waals surface area (Å²) in [6, 6.07) is 7.52. The number of halogens is 1. The number of nitrogens with zero attached hydrogens (tertiary/aromatic N) is 1. The third-order valence-corrected chi connectivity index (χ3v) is 3.48. The molecular weight excluding hydrogens is 264 g/mol. The Morgan fingerprint density at radius 3 is 2.95 bits per heavy atom. The van der Waals surface area contributed by atoms with E-state index in [0.717, 1.165) is 19.6 Å². The molecule has 1 N–H and O–H groups in total. The van der Waals surface area contributed by atoms with Crippen LogP contribution in [0.1, 0.15) is 13.8 Å². The van der Waals surface area contributed by atoms with Crippen LogP contribution in [0.15, 0.2) is 24.3 Å². The number of ether oxygens (including phenoxy) is 1. The van der Waals surface area contributed by atoms with Gasteiger partial charge in [0.25, 0.3) is 5.91 Å². The largest absolute Gasteiger partial charge is 0.479 e. The molecule has 0 bridgehead atoms. The normalized spacial score (nSPS) is 21.0. The molecule has 0 spiro atoms. The van der Waals surface area contributed by atoms with Crippen LogP contribution in [-0.2, 0) is 4.79 Å². The SMILES string of the molecule is C[C@H](Oc1ccccc1Cl)C(=O)N1CCN[C@@H](C)C1. The zero-order chi connectivity index (χ0) is 13.8. The van der Waals surface area contributed by atoms with Gasteiger partial charge < -0.3 is 15.0 Å². The minimum Gasteiger partial charge on any atom is -0.479 e. The van der Waals surface area contributed by atoms with Gasteiger partial charge in [0.1, 0.15) is 5.75 Å². The minimum absolute atomic E-state index is 0.00766. The van der Waals surface area contributed by atoms with Crippen molar-refractivity contribution in [2.45, 2.75) is 26.0 Å². The summed E-state index contributed by atoms with van der Waals surface area (Å²) in [7, 11) is 0. The Hall–Kier alpha value is -1.26. The Labute approximate surface area is 118 Å². The fraction of sp³-hybridized carbons (Fsp3) is 0.500. The van der Waals surface area contributed by atoms with Crippen molar-refractivity contribution in [2.24, 2.45) is 0 Å². The van der Waals surface area contributed by atoms with Crippen molar-refractivity contribution in [2.75, 3.05) is 19.6 Å². The number of benzene rings is 1. The molecule has 0 saturated carbocycles. The van der Waals surface area contributed by atoms with Gasteiger partial charge in [-0.05, 0) is 26.0 Å². The van der Waals surface area contributed by atoms with Crippen molar-refractivity contribution >= 4 is 17.5 Å². The first kappa shape index (κ1) is 14.2. The predicted molar refractivity (Wildman–Crippen MR) is 75.6 cm³/mol. The average molecular weight is 283 g/mol. The van der Waals surface area contributed by atoms with E-state index in [4.69, 9.17) is 16.3 Å². The molecule has 4 nitrogen and oxygen atoms in total. The van der Waals surface area contributed by atoms with Crippen molar-refractivity contribution in [1.82, 2.24) is 10.2 Å². The second-order valence-electron chi connectivity index (χ2n) is 4.83. The van der Waals surface area contributed by atoms with Crippen molar-refractivity contribution in [3.63, 3.8) is 0 Å². The van der Waals surface area contributed by atoms with E-state index >= 15 is 0 Å². The molecule has 1 heterocycles. The molecular formula is C14H19ClN2O2. The van der Waals surface area contributed by atoms with Gasteiger partial charge in [0.2, 0.25) is 0 Å². The summed E-state index contributed by atoms with van der Waals surface area (Å²) in [6.07, 6.45) is -0.523. The molecule has 19 heavy (non-hydrogen) atoms. The lowest BCUT2D eigenvalue weighted by Gasteiger charge is -2.33. The van der Waals surface area contributed by atoms with Crippen molar-refractivity contribution in [3.05, 3.63) is 29.3 Å². The van der Waals surface area contributed by atoms with Gasteiger partial charge >= 0.3 is 0 Å². The quantitative estimate of drug-likeness (QED) is 0.921. The van der Waals surface area contributed by atoms with Crippen molar-refractivity contribution < 1.29 is 9.53 Å². The zero-order valence-corrected chi connectivity index (χ0v) is 12.0. The fourth-order valence-electron chi connectivity index (χ4n) is 2.17. The maximum atomic E-state index is 12.3. The summed E-state index contributed by atoms with van der Waals surface area (Å²) < 4.78 is 5.65. The highest BCUT2D eigenvalue weighted by molar-refractivity contribution is 6.32. The summed E-state index contributed by atoms with van der Waals surface area (Å²) in [6.45, 7) is 6.09. The molecule has 5 heteroatoms. The Morgan fingerprint density at radius 2 is 2.26 bits per heavy atom. The third kappa shape index (κ3) is 3.61. The van der Waals surface area contributed by atoms with Gasteiger partial charge in [-0.25, -0.2) is 0 Å². The van der Waals surface area contributed by atoms with Crippen molar-refractivity contribution in [3.8, 4) is 5.75 Å². The molecule has 1 aliphatic rings. The number of para-hydroxylation sites is 1. The van der Waals surface area contributed by atoms with Gasteiger partial charge in [-0.1, -0.05) is 23.7 Å². The molecule has 0 radical (unpaired) electrons. The van der Waals surface area contributed by atoms with Crippen LogP contribution >= 0.6 is 11.6 Å². The number of nitrogens with one attached hydrogen (secondary N) is 1. The minimum atomic E-state index is -0.523. The summed E-state index contributed by atoms with van der Waals surface area (Å²) >= 11 is 6.02. The van der Waals surface area contributed by atoms with E-state index in [1.54, 1.807) is 19.1 Å². The molecule has 1 saturated heterocycles. The maximum Gasteiger partial charge on any atom is 0.263 e. The number of hydrogen-bond acceptors (Lipinski definition) is 3. The van der Waals surface area contributed by atoms with Crippen LogP contribution in [0.25, 0.3) is 0 Å². The van der Waals surface area contributed by atoms with E-state index in [1.807, 2.05) is 17.0 Å². The topological polar surface area (TPSA) is 41.6 Å². The molecule has 2 rings (SSSR count). The van der Waals surface area contributed by atoms with E-state index in [1.165, 1.54) is 0 Å². The molecule has 0 aliphatic carbocycles. The smallest absolute Gasteiger partial charge is 0.263 e.